The summed E-state index contributed by atoms with van der Waals surface area (Å²) in [5.41, 5.74) is -2.47. The van der Waals surface area contributed by atoms with Gasteiger partial charge in [-0.15, -0.1) is 0 Å². The van der Waals surface area contributed by atoms with E-state index in [1.807, 2.05) is 0 Å². The van der Waals surface area contributed by atoms with E-state index in [4.69, 9.17) is 0 Å². The van der Waals surface area contributed by atoms with Crippen molar-refractivity contribution in [2.24, 2.45) is 11.8 Å². The molecule has 7 heteroatoms. The van der Waals surface area contributed by atoms with E-state index in [1.165, 1.54) is 0 Å². The fraction of sp³-hybridized carbons (Fsp3) is 0.833. The van der Waals surface area contributed by atoms with Crippen LogP contribution in [0.15, 0.2) is 12.8 Å². The number of halogens is 6. The maximum absolute atomic E-state index is 13.0. The van der Waals surface area contributed by atoms with Crippen molar-refractivity contribution in [1.29, 1.82) is 0 Å². The molecule has 1 rings (SSSR count). The monoisotopic (exact) mass is 290 g/mol. The summed E-state index contributed by atoms with van der Waals surface area (Å²) in [5.74, 6) is -2.49. The zero-order chi connectivity index (χ0) is 14.9. The van der Waals surface area contributed by atoms with Crippen LogP contribution < -0.4 is 0 Å². The Morgan fingerprint density at radius 1 is 0.947 bits per heavy atom. The third-order valence-electron chi connectivity index (χ3n) is 3.86. The van der Waals surface area contributed by atoms with Crippen molar-refractivity contribution in [3.05, 3.63) is 12.8 Å². The van der Waals surface area contributed by atoms with Crippen LogP contribution in [0.4, 0.5) is 26.3 Å². The number of rotatable bonds is 3. The molecule has 0 spiro atoms. The number of hydrogen-bond acceptors (Lipinski definition) is 1. The van der Waals surface area contributed by atoms with E-state index >= 15 is 0 Å². The van der Waals surface area contributed by atoms with Crippen LogP contribution in [0.1, 0.15) is 32.6 Å². The van der Waals surface area contributed by atoms with Crippen molar-refractivity contribution in [2.45, 2.75) is 50.6 Å². The maximum atomic E-state index is 13.0. The lowest BCUT2D eigenvalue weighted by molar-refractivity contribution is -0.280. The zero-order valence-corrected chi connectivity index (χ0v) is 10.4. The van der Waals surface area contributed by atoms with Gasteiger partial charge >= 0.3 is 12.4 Å². The Morgan fingerprint density at radius 2 is 1.37 bits per heavy atom. The Bertz CT molecular complexity index is 313. The summed E-state index contributed by atoms with van der Waals surface area (Å²) >= 11 is 0. The highest BCUT2D eigenvalue weighted by Crippen LogP contribution is 2.48. The first kappa shape index (κ1) is 16.2. The smallest absolute Gasteiger partial charge is 0.428 e. The molecule has 0 aliphatic heterocycles. The van der Waals surface area contributed by atoms with Gasteiger partial charge in [0.05, 0.1) is 12.2 Å². The van der Waals surface area contributed by atoms with Crippen LogP contribution in [0.5, 0.6) is 0 Å². The van der Waals surface area contributed by atoms with Crippen LogP contribution in [0.2, 0.25) is 0 Å². The maximum Gasteiger partial charge on any atom is 0.428 e. The largest absolute Gasteiger partial charge is 0.486 e. The molecule has 0 aromatic rings. The molecule has 0 bridgehead atoms. The average Bonchev–Trinajstić information content (AvgIpc) is 2.27. The van der Waals surface area contributed by atoms with Crippen molar-refractivity contribution >= 4 is 0 Å². The first-order chi connectivity index (χ1) is 8.52. The van der Waals surface area contributed by atoms with Crippen molar-refractivity contribution < 1.29 is 31.1 Å². The number of ether oxygens (including phenoxy) is 1. The second kappa shape index (κ2) is 5.25. The van der Waals surface area contributed by atoms with Gasteiger partial charge in [-0.05, 0) is 32.6 Å². The van der Waals surface area contributed by atoms with Crippen molar-refractivity contribution in [2.75, 3.05) is 0 Å². The Labute approximate surface area is 107 Å². The molecule has 19 heavy (non-hydrogen) atoms. The minimum Gasteiger partial charge on any atom is -0.486 e. The van der Waals surface area contributed by atoms with Gasteiger partial charge in [-0.25, -0.2) is 0 Å². The van der Waals surface area contributed by atoms with Crippen molar-refractivity contribution in [3.8, 4) is 0 Å². The highest BCUT2D eigenvalue weighted by Gasteiger charge is 2.59. The summed E-state index contributed by atoms with van der Waals surface area (Å²) in [7, 11) is 0. The molecule has 0 saturated heterocycles. The summed E-state index contributed by atoms with van der Waals surface area (Å²) in [6.07, 6.45) is -9.18. The molecule has 1 aliphatic carbocycles. The van der Waals surface area contributed by atoms with Gasteiger partial charge in [-0.2, -0.15) is 26.3 Å². The fourth-order valence-electron chi connectivity index (χ4n) is 2.54. The van der Waals surface area contributed by atoms with E-state index in [9.17, 15) is 26.3 Å². The molecule has 0 heterocycles. The van der Waals surface area contributed by atoms with Gasteiger partial charge < -0.3 is 4.74 Å². The first-order valence-electron chi connectivity index (χ1n) is 5.94. The fourth-order valence-corrected chi connectivity index (χ4v) is 2.54. The SMILES string of the molecule is C=COC(C)(C1CCC(C(F)(F)F)CC1)C(F)(F)F. The number of hydrogen-bond donors (Lipinski definition) is 0. The van der Waals surface area contributed by atoms with Crippen LogP contribution in [-0.4, -0.2) is 18.0 Å². The van der Waals surface area contributed by atoms with Gasteiger partial charge in [-0.1, -0.05) is 6.58 Å². The van der Waals surface area contributed by atoms with E-state index in [1.54, 1.807) is 0 Å². The van der Waals surface area contributed by atoms with E-state index < -0.39 is 29.8 Å². The van der Waals surface area contributed by atoms with Crippen LogP contribution in [-0.2, 0) is 4.74 Å². The Kier molecular flexibility index (Phi) is 4.47. The van der Waals surface area contributed by atoms with Crippen LogP contribution in [0.25, 0.3) is 0 Å². The summed E-state index contributed by atoms with van der Waals surface area (Å²) in [4.78, 5) is 0. The third-order valence-corrected chi connectivity index (χ3v) is 3.86. The van der Waals surface area contributed by atoms with E-state index in [0.29, 0.717) is 6.26 Å². The second-order valence-corrected chi connectivity index (χ2v) is 4.98. The summed E-state index contributed by atoms with van der Waals surface area (Å²) < 4.78 is 81.1. The number of alkyl halides is 6. The van der Waals surface area contributed by atoms with Gasteiger partial charge in [0.15, 0.2) is 0 Å². The van der Waals surface area contributed by atoms with Crippen molar-refractivity contribution in [1.82, 2.24) is 0 Å². The van der Waals surface area contributed by atoms with E-state index in [-0.39, 0.29) is 25.7 Å². The zero-order valence-electron chi connectivity index (χ0n) is 10.4. The first-order valence-corrected chi connectivity index (χ1v) is 5.94. The average molecular weight is 290 g/mol. The summed E-state index contributed by atoms with van der Waals surface area (Å²) in [6, 6.07) is 0. The molecule has 0 aromatic heterocycles. The van der Waals surface area contributed by atoms with Crippen LogP contribution in [0, 0.1) is 11.8 Å². The molecule has 1 unspecified atom stereocenters. The van der Waals surface area contributed by atoms with Crippen LogP contribution in [0.3, 0.4) is 0 Å². The van der Waals surface area contributed by atoms with Gasteiger partial charge in [0.1, 0.15) is 0 Å². The molecule has 1 nitrogen and oxygen atoms in total. The van der Waals surface area contributed by atoms with Crippen molar-refractivity contribution in [3.63, 3.8) is 0 Å². The third kappa shape index (κ3) is 3.36. The predicted octanol–water partition coefficient (Wildman–Crippen LogP) is 4.84. The molecule has 0 N–H and O–H groups in total. The lowest BCUT2D eigenvalue weighted by atomic mass is 9.73. The van der Waals surface area contributed by atoms with E-state index in [2.05, 4.69) is 11.3 Å². The lowest BCUT2D eigenvalue weighted by Gasteiger charge is -2.41. The lowest BCUT2D eigenvalue weighted by Crippen LogP contribution is -2.51. The molecular formula is C12H16F6O. The van der Waals surface area contributed by atoms with E-state index in [0.717, 1.165) is 6.92 Å². The molecule has 0 aromatic carbocycles. The molecule has 1 saturated carbocycles. The molecule has 112 valence electrons. The Hall–Kier alpha value is -0.880. The van der Waals surface area contributed by atoms with Crippen LogP contribution >= 0.6 is 0 Å². The Balaban J connectivity index is 2.79. The van der Waals surface area contributed by atoms with Gasteiger partial charge in [0, 0.05) is 5.92 Å². The highest BCUT2D eigenvalue weighted by atomic mass is 19.4. The van der Waals surface area contributed by atoms with Gasteiger partial charge in [-0.3, -0.25) is 0 Å². The molecular weight excluding hydrogens is 274 g/mol. The second-order valence-electron chi connectivity index (χ2n) is 4.98. The normalized spacial score (nSPS) is 28.6. The minimum absolute atomic E-state index is 0.159. The predicted molar refractivity (Wildman–Crippen MR) is 57.2 cm³/mol. The topological polar surface area (TPSA) is 9.23 Å². The molecule has 1 aliphatic rings. The summed E-state index contributed by atoms with van der Waals surface area (Å²) in [6.45, 7) is 3.97. The minimum atomic E-state index is -4.64. The van der Waals surface area contributed by atoms with Gasteiger partial charge in [0.2, 0.25) is 5.60 Å². The highest BCUT2D eigenvalue weighted by molar-refractivity contribution is 4.95. The Morgan fingerprint density at radius 3 is 1.68 bits per heavy atom. The molecule has 1 atom stereocenters. The summed E-state index contributed by atoms with van der Waals surface area (Å²) in [5, 5.41) is 0. The standard InChI is InChI=1S/C12H16F6O/c1-3-19-10(2,12(16,17)18)8-4-6-9(7-5-8)11(13,14)15/h3,8-9H,1,4-7H2,2H3. The quantitative estimate of drug-likeness (QED) is 0.534. The van der Waals surface area contributed by atoms with Gasteiger partial charge in [0.25, 0.3) is 0 Å². The molecule has 1 fully saturated rings. The molecule has 0 amide bonds. The molecule has 0 radical (unpaired) electrons.